The molecule has 0 spiro atoms. The van der Waals surface area contributed by atoms with Gasteiger partial charge in [-0.25, -0.2) is 4.57 Å². The van der Waals surface area contributed by atoms with Crippen LogP contribution in [0.5, 0.6) is 0 Å². The van der Waals surface area contributed by atoms with Crippen molar-refractivity contribution in [3.8, 4) is 11.3 Å². The minimum absolute atomic E-state index is 0.253. The molecule has 0 bridgehead atoms. The Kier molecular flexibility index (Phi) is 5.26. The van der Waals surface area contributed by atoms with Crippen LogP contribution in [-0.4, -0.2) is 4.40 Å². The quantitative estimate of drug-likeness (QED) is 0.157. The first-order chi connectivity index (χ1) is 20.0. The summed E-state index contributed by atoms with van der Waals surface area (Å²) in [6.45, 7) is 18.5. The molecule has 0 unspecified atom stereocenters. The van der Waals surface area contributed by atoms with E-state index in [1.807, 2.05) is 6.07 Å². The topological polar surface area (TPSA) is 8.29 Å². The van der Waals surface area contributed by atoms with Crippen molar-refractivity contribution in [1.82, 2.24) is 4.40 Å². The minimum atomic E-state index is -2.23. The summed E-state index contributed by atoms with van der Waals surface area (Å²) >= 11 is 0. The van der Waals surface area contributed by atoms with Crippen molar-refractivity contribution in [1.29, 1.82) is 0 Å². The van der Waals surface area contributed by atoms with Gasteiger partial charge in [-0.15, -0.1) is 0 Å². The van der Waals surface area contributed by atoms with E-state index in [9.17, 15) is 0 Å². The van der Waals surface area contributed by atoms with Gasteiger partial charge < -0.3 is 0 Å². The molecule has 3 aromatic carbocycles. The van der Waals surface area contributed by atoms with Crippen molar-refractivity contribution in [2.24, 2.45) is 18.9 Å². The van der Waals surface area contributed by atoms with Gasteiger partial charge in [0.1, 0.15) is 5.52 Å². The molecule has 0 saturated carbocycles. The molecule has 40 heavy (non-hydrogen) atoms. The zero-order valence-corrected chi connectivity index (χ0v) is 26.1. The number of aromatic nitrogens is 2. The van der Waals surface area contributed by atoms with Crippen molar-refractivity contribution in [2.45, 2.75) is 92.8 Å². The molecule has 2 nitrogen and oxygen atoms in total. The predicted molar refractivity (Wildman–Crippen MR) is 172 cm³/mol. The van der Waals surface area contributed by atoms with Crippen LogP contribution in [0, 0.1) is 25.6 Å². The average Bonchev–Trinajstić information content (AvgIpc) is 3.19. The second-order valence-corrected chi connectivity index (χ2v) is 14.3. The summed E-state index contributed by atoms with van der Waals surface area (Å²) in [5.41, 5.74) is 11.0. The number of hydrogen-bond acceptors (Lipinski definition) is 0. The molecule has 0 aliphatic carbocycles. The largest absolute Gasteiger partial charge is 0.295 e. The smallest absolute Gasteiger partial charge is 0.225 e. The fraction of sp³-hybridized carbons (Fsp3) is 0.447. The van der Waals surface area contributed by atoms with Gasteiger partial charge in [-0.05, 0) is 72.8 Å². The normalized spacial score (nSPS) is 17.4. The molecule has 1 aliphatic rings. The van der Waals surface area contributed by atoms with Crippen LogP contribution >= 0.6 is 0 Å². The Hall–Kier alpha value is -3.13. The molecule has 1 aliphatic heterocycles. The number of hydrogen-bond donors (Lipinski definition) is 0. The fourth-order valence-corrected chi connectivity index (χ4v) is 7.51. The summed E-state index contributed by atoms with van der Waals surface area (Å²) in [7, 11) is 2.21. The molecule has 208 valence electrons. The van der Waals surface area contributed by atoms with Crippen molar-refractivity contribution in [3.05, 3.63) is 82.0 Å². The van der Waals surface area contributed by atoms with E-state index in [4.69, 9.17) is 4.11 Å². The fourth-order valence-electron chi connectivity index (χ4n) is 7.51. The molecular weight excluding hydrogens is 484 g/mol. The van der Waals surface area contributed by atoms with E-state index in [-0.39, 0.29) is 10.8 Å². The van der Waals surface area contributed by atoms with Gasteiger partial charge in [-0.3, -0.25) is 0 Å². The summed E-state index contributed by atoms with van der Waals surface area (Å²) in [4.78, 5) is 0. The summed E-state index contributed by atoms with van der Waals surface area (Å²) in [6.07, 6.45) is 2.08. The Labute approximate surface area is 245 Å². The summed E-state index contributed by atoms with van der Waals surface area (Å²) in [5.74, 6) is 1.13. The predicted octanol–water partition coefficient (Wildman–Crippen LogP) is 9.32. The molecule has 3 heterocycles. The molecule has 0 N–H and O–H groups in total. The Morgan fingerprint density at radius 3 is 2.08 bits per heavy atom. The van der Waals surface area contributed by atoms with E-state index in [1.165, 1.54) is 33.6 Å². The number of rotatable bonds is 5. The molecule has 0 saturated heterocycles. The SMILES string of the molecule is [2H]C([2H])([2H])c1ccc2c3c1c1cccc(C)c1c1n3c(c(-c3cc(CC(C)C)cc(CC(C)C)c3)[n+]1C)C(C)(C)C2(C)C. The Morgan fingerprint density at radius 2 is 1.48 bits per heavy atom. The van der Waals surface area contributed by atoms with Gasteiger partial charge in [0.05, 0.1) is 12.4 Å². The highest BCUT2D eigenvalue weighted by molar-refractivity contribution is 6.15. The van der Waals surface area contributed by atoms with Gasteiger partial charge in [-0.1, -0.05) is 91.8 Å². The second-order valence-electron chi connectivity index (χ2n) is 14.3. The van der Waals surface area contributed by atoms with E-state index >= 15 is 0 Å². The van der Waals surface area contributed by atoms with Crippen LogP contribution in [0.4, 0.5) is 0 Å². The van der Waals surface area contributed by atoms with Crippen LogP contribution in [0.25, 0.3) is 38.6 Å². The van der Waals surface area contributed by atoms with Gasteiger partial charge in [0.2, 0.25) is 0 Å². The maximum Gasteiger partial charge on any atom is 0.295 e. The lowest BCUT2D eigenvalue weighted by molar-refractivity contribution is -0.632. The maximum atomic E-state index is 8.57. The zero-order chi connectivity index (χ0) is 31.4. The van der Waals surface area contributed by atoms with Crippen molar-refractivity contribution in [3.63, 3.8) is 0 Å². The van der Waals surface area contributed by atoms with Crippen LogP contribution in [0.15, 0.2) is 48.5 Å². The molecule has 0 radical (unpaired) electrons. The molecule has 0 atom stereocenters. The van der Waals surface area contributed by atoms with Crippen molar-refractivity contribution in [2.75, 3.05) is 0 Å². The van der Waals surface area contributed by atoms with Crippen LogP contribution in [-0.2, 0) is 30.7 Å². The first kappa shape index (κ1) is 23.6. The monoisotopic (exact) mass is 534 g/mol. The Balaban J connectivity index is 1.90. The Bertz CT molecular complexity index is 1910. The standard InChI is InChI=1S/C38H47N2/c1-22(2)17-26-19-27(18-23(3)4)21-28(20-26)33-35-38(9,10)37(7,8)30-16-15-25(6)31-29-14-12-13-24(5)32(29)36(39(33)11)40(35)34(30)31/h12-16,19-23H,17-18H2,1-11H3/q+1/i6D3. The maximum absolute atomic E-state index is 8.57. The first-order valence-electron chi connectivity index (χ1n) is 16.5. The Morgan fingerprint density at radius 1 is 0.825 bits per heavy atom. The first-order valence-corrected chi connectivity index (χ1v) is 15.0. The van der Waals surface area contributed by atoms with Gasteiger partial charge in [0, 0.05) is 36.8 Å². The van der Waals surface area contributed by atoms with Gasteiger partial charge >= 0.3 is 0 Å². The van der Waals surface area contributed by atoms with Crippen LogP contribution in [0.2, 0.25) is 0 Å². The lowest BCUT2D eigenvalue weighted by Gasteiger charge is -2.43. The third kappa shape index (κ3) is 3.64. The third-order valence-corrected chi connectivity index (χ3v) is 9.92. The molecule has 0 fully saturated rings. The molecule has 2 aromatic heterocycles. The third-order valence-electron chi connectivity index (χ3n) is 9.92. The highest BCUT2D eigenvalue weighted by atomic mass is 15.1. The number of nitrogens with zero attached hydrogens (tertiary/aromatic N) is 2. The number of fused-ring (bicyclic) bond motifs is 3. The average molecular weight is 535 g/mol. The summed E-state index contributed by atoms with van der Waals surface area (Å²) in [5, 5.41) is 3.01. The second kappa shape index (κ2) is 8.93. The number of pyridine rings is 1. The van der Waals surface area contributed by atoms with Gasteiger partial charge in [-0.2, -0.15) is 4.40 Å². The van der Waals surface area contributed by atoms with Crippen molar-refractivity contribution >= 4 is 27.3 Å². The molecular formula is C38H47N2+. The minimum Gasteiger partial charge on any atom is -0.225 e. The lowest BCUT2D eigenvalue weighted by atomic mass is 9.60. The number of benzene rings is 3. The van der Waals surface area contributed by atoms with Gasteiger partial charge in [0.15, 0.2) is 11.4 Å². The van der Waals surface area contributed by atoms with E-state index in [2.05, 4.69) is 121 Å². The van der Waals surface area contributed by atoms with Crippen LogP contribution in [0.1, 0.15) is 93.0 Å². The molecule has 0 amide bonds. The van der Waals surface area contributed by atoms with Crippen LogP contribution in [0.3, 0.4) is 0 Å². The van der Waals surface area contributed by atoms with Crippen LogP contribution < -0.4 is 4.57 Å². The van der Waals surface area contributed by atoms with E-state index in [1.54, 1.807) is 0 Å². The van der Waals surface area contributed by atoms with Crippen molar-refractivity contribution < 1.29 is 8.68 Å². The highest BCUT2D eigenvalue weighted by Gasteiger charge is 2.52. The summed E-state index contributed by atoms with van der Waals surface area (Å²) in [6, 6.07) is 17.6. The molecule has 5 aromatic rings. The van der Waals surface area contributed by atoms with E-state index < -0.39 is 6.85 Å². The van der Waals surface area contributed by atoms with E-state index in [0.717, 1.165) is 45.7 Å². The number of imidazole rings is 1. The van der Waals surface area contributed by atoms with Gasteiger partial charge in [0.25, 0.3) is 5.65 Å². The zero-order valence-electron chi connectivity index (χ0n) is 29.1. The number of aryl methyl sites for hydroxylation is 3. The lowest BCUT2D eigenvalue weighted by Crippen LogP contribution is -2.44. The summed E-state index contributed by atoms with van der Waals surface area (Å²) < 4.78 is 30.6. The molecule has 6 rings (SSSR count). The highest BCUT2D eigenvalue weighted by Crippen LogP contribution is 2.53. The van der Waals surface area contributed by atoms with E-state index in [0.29, 0.717) is 17.4 Å². The molecule has 2 heteroatoms.